The second-order valence-corrected chi connectivity index (χ2v) is 8.43. The third-order valence-electron chi connectivity index (χ3n) is 6.15. The van der Waals surface area contributed by atoms with Crippen molar-refractivity contribution in [3.05, 3.63) is 57.5 Å². The number of fused-ring (bicyclic) bond motifs is 1. The molecule has 2 atom stereocenters. The highest BCUT2D eigenvalue weighted by Gasteiger charge is 2.32. The van der Waals surface area contributed by atoms with E-state index in [1.165, 1.54) is 12.1 Å². The number of halogens is 1. The first kappa shape index (κ1) is 21.5. The highest BCUT2D eigenvalue weighted by atomic mass is 19.1. The molecule has 0 saturated carbocycles. The van der Waals surface area contributed by atoms with E-state index in [2.05, 4.69) is 9.88 Å². The molecule has 1 aromatic carbocycles. The summed E-state index contributed by atoms with van der Waals surface area (Å²) < 4.78 is 19.7. The highest BCUT2D eigenvalue weighted by molar-refractivity contribution is 5.81. The number of ether oxygens (including phenoxy) is 1. The Kier molecular flexibility index (Phi) is 6.36. The lowest BCUT2D eigenvalue weighted by atomic mass is 9.95. The zero-order valence-corrected chi connectivity index (χ0v) is 18.1. The fourth-order valence-electron chi connectivity index (χ4n) is 4.38. The Balaban J connectivity index is 1.49. The van der Waals surface area contributed by atoms with Gasteiger partial charge in [0.05, 0.1) is 11.3 Å². The van der Waals surface area contributed by atoms with E-state index < -0.39 is 11.9 Å². The molecule has 31 heavy (non-hydrogen) atoms. The number of aromatic nitrogens is 2. The van der Waals surface area contributed by atoms with Gasteiger partial charge < -0.3 is 19.5 Å². The van der Waals surface area contributed by atoms with Crippen molar-refractivity contribution in [2.24, 2.45) is 0 Å². The van der Waals surface area contributed by atoms with Crippen LogP contribution in [0.25, 0.3) is 0 Å². The van der Waals surface area contributed by atoms with Crippen molar-refractivity contribution in [2.75, 3.05) is 26.7 Å². The maximum absolute atomic E-state index is 14.0. The number of H-pyrrole nitrogens is 1. The average molecular weight is 429 g/mol. The number of nitrogens with zero attached hydrogens (tertiary/aromatic N) is 3. The second kappa shape index (κ2) is 9.18. The van der Waals surface area contributed by atoms with E-state index in [0.717, 1.165) is 37.1 Å². The summed E-state index contributed by atoms with van der Waals surface area (Å²) in [6.07, 6.45) is 2.12. The first-order valence-corrected chi connectivity index (χ1v) is 11.0. The molecule has 1 aromatic heterocycles. The molecule has 1 N–H and O–H groups in total. The normalized spacial score (nSPS) is 20.2. The number of amides is 1. The second-order valence-electron chi connectivity index (χ2n) is 8.43. The van der Waals surface area contributed by atoms with Crippen LogP contribution in [0.15, 0.2) is 29.1 Å². The third kappa shape index (κ3) is 4.63. The molecule has 0 spiro atoms. The quantitative estimate of drug-likeness (QED) is 0.792. The molecule has 4 rings (SSSR count). The maximum Gasteiger partial charge on any atom is 0.263 e. The van der Waals surface area contributed by atoms with E-state index in [0.29, 0.717) is 31.9 Å². The number of nitrogens with one attached hydrogen (secondary N) is 1. The zero-order valence-electron chi connectivity index (χ0n) is 18.1. The van der Waals surface area contributed by atoms with Crippen LogP contribution < -0.4 is 10.3 Å². The number of benzene rings is 1. The van der Waals surface area contributed by atoms with E-state index in [1.54, 1.807) is 17.0 Å². The minimum absolute atomic E-state index is 0.0266. The molecular formula is C23H29FN4O3. The van der Waals surface area contributed by atoms with Gasteiger partial charge in [0.1, 0.15) is 5.82 Å². The number of hydrogen-bond donors (Lipinski definition) is 1. The molecule has 3 heterocycles. The maximum atomic E-state index is 14.0. The number of para-hydroxylation sites is 1. The van der Waals surface area contributed by atoms with Crippen LogP contribution in [0.3, 0.4) is 0 Å². The molecule has 0 unspecified atom stereocenters. The van der Waals surface area contributed by atoms with Crippen LogP contribution in [0.2, 0.25) is 0 Å². The largest absolute Gasteiger partial charge is 0.478 e. The van der Waals surface area contributed by atoms with Gasteiger partial charge in [-0.3, -0.25) is 9.59 Å². The van der Waals surface area contributed by atoms with E-state index in [-0.39, 0.29) is 23.1 Å². The number of hydrogen-bond acceptors (Lipinski definition) is 5. The van der Waals surface area contributed by atoms with Crippen molar-refractivity contribution in [1.29, 1.82) is 0 Å². The van der Waals surface area contributed by atoms with Crippen molar-refractivity contribution in [3.63, 3.8) is 0 Å². The fourth-order valence-corrected chi connectivity index (χ4v) is 4.38. The topological polar surface area (TPSA) is 78.5 Å². The van der Waals surface area contributed by atoms with Crippen molar-refractivity contribution >= 4 is 5.91 Å². The summed E-state index contributed by atoms with van der Waals surface area (Å²) in [4.78, 5) is 37.4. The Morgan fingerprint density at radius 2 is 2.16 bits per heavy atom. The Bertz CT molecular complexity index is 1010. The zero-order chi connectivity index (χ0) is 22.0. The van der Waals surface area contributed by atoms with Gasteiger partial charge in [-0.1, -0.05) is 19.1 Å². The summed E-state index contributed by atoms with van der Waals surface area (Å²) in [6.45, 7) is 4.43. The lowest BCUT2D eigenvalue weighted by Crippen LogP contribution is -2.46. The molecule has 1 fully saturated rings. The number of likely N-dealkylation sites (tertiary alicyclic amines) is 1. The van der Waals surface area contributed by atoms with E-state index >= 15 is 0 Å². The van der Waals surface area contributed by atoms with E-state index in [9.17, 15) is 14.0 Å². The number of aromatic amines is 1. The van der Waals surface area contributed by atoms with Crippen LogP contribution in [-0.2, 0) is 17.8 Å². The van der Waals surface area contributed by atoms with E-state index in [1.807, 2.05) is 14.0 Å². The summed E-state index contributed by atoms with van der Waals surface area (Å²) in [7, 11) is 1.99. The SMILES string of the molecule is CC[C@H](Oc1ccccc1F)C(=O)N1CCC[C@H](c2nc3c(c(=O)[nH]2)CN(C)CC3)C1. The van der Waals surface area contributed by atoms with Crippen LogP contribution in [0, 0.1) is 5.82 Å². The van der Waals surface area contributed by atoms with Gasteiger partial charge in [-0.2, -0.15) is 0 Å². The number of carbonyl (C=O) groups is 1. The molecule has 0 aliphatic carbocycles. The van der Waals surface area contributed by atoms with Gasteiger partial charge in [-0.15, -0.1) is 0 Å². The minimum atomic E-state index is -0.748. The summed E-state index contributed by atoms with van der Waals surface area (Å²) >= 11 is 0. The standard InChI is InChI=1S/C23H29FN4O3/c1-3-19(31-20-9-5-4-8-17(20)24)23(30)28-11-6-7-15(13-28)21-25-18-10-12-27(2)14-16(18)22(29)26-21/h4-5,8-9,15,19H,3,6-7,10-14H2,1-2H3,(H,25,26,29)/t15-,19-/m0/s1. The van der Waals surface area contributed by atoms with E-state index in [4.69, 9.17) is 9.72 Å². The minimum Gasteiger partial charge on any atom is -0.478 e. The van der Waals surface area contributed by atoms with Crippen molar-refractivity contribution < 1.29 is 13.9 Å². The van der Waals surface area contributed by atoms with Gasteiger partial charge in [-0.25, -0.2) is 9.37 Å². The number of carbonyl (C=O) groups excluding carboxylic acids is 1. The average Bonchev–Trinajstić information content (AvgIpc) is 2.78. The number of rotatable bonds is 5. The molecular weight excluding hydrogens is 399 g/mol. The van der Waals surface area contributed by atoms with Crippen LogP contribution in [0.1, 0.15) is 49.2 Å². The molecule has 7 nitrogen and oxygen atoms in total. The van der Waals surface area contributed by atoms with Gasteiger partial charge >= 0.3 is 0 Å². The molecule has 2 aliphatic rings. The Hall–Kier alpha value is -2.74. The summed E-state index contributed by atoms with van der Waals surface area (Å²) in [5, 5.41) is 0. The monoisotopic (exact) mass is 428 g/mol. The van der Waals surface area contributed by atoms with Crippen LogP contribution >= 0.6 is 0 Å². The van der Waals surface area contributed by atoms with Crippen molar-refractivity contribution in [1.82, 2.24) is 19.8 Å². The highest BCUT2D eigenvalue weighted by Crippen LogP contribution is 2.27. The Labute approximate surface area is 181 Å². The number of piperidine rings is 1. The fraction of sp³-hybridized carbons (Fsp3) is 0.522. The first-order chi connectivity index (χ1) is 15.0. The predicted octanol–water partition coefficient (Wildman–Crippen LogP) is 2.46. The molecule has 2 aliphatic heterocycles. The molecule has 2 aromatic rings. The summed E-state index contributed by atoms with van der Waals surface area (Å²) in [6, 6.07) is 6.12. The summed E-state index contributed by atoms with van der Waals surface area (Å²) in [5.41, 5.74) is 1.53. The predicted molar refractivity (Wildman–Crippen MR) is 115 cm³/mol. The van der Waals surface area contributed by atoms with Crippen molar-refractivity contribution in [2.45, 2.75) is 51.2 Å². The molecule has 1 amide bonds. The van der Waals surface area contributed by atoms with Gasteiger partial charge in [0.2, 0.25) is 0 Å². The Morgan fingerprint density at radius 1 is 1.35 bits per heavy atom. The van der Waals surface area contributed by atoms with Crippen LogP contribution in [0.5, 0.6) is 5.75 Å². The molecule has 0 radical (unpaired) electrons. The number of likely N-dealkylation sites (N-methyl/N-ethyl adjacent to an activating group) is 1. The van der Waals surface area contributed by atoms with Gasteiger partial charge in [0, 0.05) is 38.5 Å². The van der Waals surface area contributed by atoms with Crippen molar-refractivity contribution in [3.8, 4) is 5.75 Å². The molecule has 166 valence electrons. The first-order valence-electron chi connectivity index (χ1n) is 11.0. The molecule has 8 heteroatoms. The van der Waals surface area contributed by atoms with Gasteiger partial charge in [0.15, 0.2) is 17.7 Å². The van der Waals surface area contributed by atoms with Gasteiger partial charge in [-0.05, 0) is 38.4 Å². The van der Waals surface area contributed by atoms with Crippen LogP contribution in [0.4, 0.5) is 4.39 Å². The smallest absolute Gasteiger partial charge is 0.263 e. The molecule has 1 saturated heterocycles. The van der Waals surface area contributed by atoms with Gasteiger partial charge in [0.25, 0.3) is 11.5 Å². The van der Waals surface area contributed by atoms with Crippen LogP contribution in [-0.4, -0.2) is 58.5 Å². The summed E-state index contributed by atoms with van der Waals surface area (Å²) in [5.74, 6) is 0.0845. The lowest BCUT2D eigenvalue weighted by Gasteiger charge is -2.34. The Morgan fingerprint density at radius 3 is 2.94 bits per heavy atom. The lowest BCUT2D eigenvalue weighted by molar-refractivity contribution is -0.140. The third-order valence-corrected chi connectivity index (χ3v) is 6.15. The molecule has 0 bridgehead atoms.